The molecular formula is C11H15BrClFN2O2S. The Hall–Kier alpha value is -0.210. The minimum absolute atomic E-state index is 0. The second kappa shape index (κ2) is 6.99. The molecule has 0 aromatic heterocycles. The van der Waals surface area contributed by atoms with Crippen molar-refractivity contribution >= 4 is 38.4 Å². The van der Waals surface area contributed by atoms with Gasteiger partial charge in [0.25, 0.3) is 0 Å². The van der Waals surface area contributed by atoms with E-state index in [4.69, 9.17) is 0 Å². The van der Waals surface area contributed by atoms with E-state index in [-0.39, 0.29) is 21.8 Å². The first kappa shape index (κ1) is 16.8. The van der Waals surface area contributed by atoms with Gasteiger partial charge in [0, 0.05) is 24.1 Å². The summed E-state index contributed by atoms with van der Waals surface area (Å²) >= 11 is 3.11. The fourth-order valence-electron chi connectivity index (χ4n) is 1.88. The molecule has 1 aromatic carbocycles. The second-order valence-electron chi connectivity index (χ2n) is 4.08. The molecule has 1 saturated heterocycles. The van der Waals surface area contributed by atoms with E-state index < -0.39 is 15.8 Å². The highest BCUT2D eigenvalue weighted by Crippen LogP contribution is 2.26. The van der Waals surface area contributed by atoms with Gasteiger partial charge in [0.15, 0.2) is 0 Å². The van der Waals surface area contributed by atoms with Gasteiger partial charge in [0.2, 0.25) is 10.0 Å². The van der Waals surface area contributed by atoms with Crippen LogP contribution in [0.15, 0.2) is 27.6 Å². The van der Waals surface area contributed by atoms with Gasteiger partial charge in [0.05, 0.1) is 4.90 Å². The molecule has 1 heterocycles. The topological polar surface area (TPSA) is 49.4 Å². The van der Waals surface area contributed by atoms with Gasteiger partial charge in [-0.25, -0.2) is 12.8 Å². The van der Waals surface area contributed by atoms with Crippen LogP contribution in [0.25, 0.3) is 0 Å². The highest BCUT2D eigenvalue weighted by molar-refractivity contribution is 9.10. The van der Waals surface area contributed by atoms with Crippen LogP contribution in [-0.2, 0) is 10.0 Å². The van der Waals surface area contributed by atoms with Gasteiger partial charge < -0.3 is 5.32 Å². The predicted molar refractivity (Wildman–Crippen MR) is 77.6 cm³/mol. The molecule has 1 fully saturated rings. The van der Waals surface area contributed by atoms with E-state index in [1.165, 1.54) is 16.4 Å². The van der Waals surface area contributed by atoms with Crippen molar-refractivity contribution in [1.82, 2.24) is 9.62 Å². The van der Waals surface area contributed by atoms with Crippen LogP contribution in [0, 0.1) is 5.82 Å². The average Bonchev–Trinajstić information content (AvgIpc) is 2.57. The molecule has 0 aliphatic carbocycles. The Kier molecular flexibility index (Phi) is 6.19. The maximum Gasteiger partial charge on any atom is 0.244 e. The van der Waals surface area contributed by atoms with Crippen LogP contribution in [-0.4, -0.2) is 38.9 Å². The smallest absolute Gasteiger partial charge is 0.244 e. The van der Waals surface area contributed by atoms with Gasteiger partial charge in [-0.3, -0.25) is 0 Å². The minimum atomic E-state index is -3.55. The summed E-state index contributed by atoms with van der Waals surface area (Å²) < 4.78 is 39.5. The lowest BCUT2D eigenvalue weighted by atomic mass is 10.3. The summed E-state index contributed by atoms with van der Waals surface area (Å²) in [5, 5.41) is 3.15. The number of sulfonamides is 1. The Bertz CT molecular complexity index is 533. The van der Waals surface area contributed by atoms with Gasteiger partial charge >= 0.3 is 0 Å². The molecule has 0 spiro atoms. The zero-order valence-electron chi connectivity index (χ0n) is 10.1. The molecule has 8 heteroatoms. The Balaban J connectivity index is 0.00000180. The molecule has 0 atom stereocenters. The van der Waals surface area contributed by atoms with E-state index >= 15 is 0 Å². The van der Waals surface area contributed by atoms with Crippen molar-refractivity contribution in [1.29, 1.82) is 0 Å². The van der Waals surface area contributed by atoms with Gasteiger partial charge in [-0.2, -0.15) is 4.31 Å². The first-order valence-corrected chi connectivity index (χ1v) is 7.91. The van der Waals surface area contributed by atoms with Crippen molar-refractivity contribution in [3.8, 4) is 0 Å². The van der Waals surface area contributed by atoms with Crippen molar-refractivity contribution in [2.24, 2.45) is 0 Å². The molecule has 0 unspecified atom stereocenters. The summed E-state index contributed by atoms with van der Waals surface area (Å²) in [5.74, 6) is -0.460. The van der Waals surface area contributed by atoms with Gasteiger partial charge in [-0.1, -0.05) is 0 Å². The summed E-state index contributed by atoms with van der Waals surface area (Å²) in [7, 11) is -3.55. The van der Waals surface area contributed by atoms with Crippen molar-refractivity contribution in [2.45, 2.75) is 11.3 Å². The lowest BCUT2D eigenvalue weighted by Gasteiger charge is -2.20. The highest BCUT2D eigenvalue weighted by Gasteiger charge is 2.27. The lowest BCUT2D eigenvalue weighted by Crippen LogP contribution is -2.34. The number of rotatable bonds is 2. The minimum Gasteiger partial charge on any atom is -0.315 e. The number of hydrogen-bond donors (Lipinski definition) is 1. The zero-order chi connectivity index (χ0) is 13.2. The molecule has 19 heavy (non-hydrogen) atoms. The van der Waals surface area contributed by atoms with E-state index in [1.807, 2.05) is 0 Å². The maximum absolute atomic E-state index is 13.0. The zero-order valence-corrected chi connectivity index (χ0v) is 13.3. The van der Waals surface area contributed by atoms with Gasteiger partial charge in [0.1, 0.15) is 5.82 Å². The summed E-state index contributed by atoms with van der Waals surface area (Å²) in [5.41, 5.74) is 0. The molecule has 108 valence electrons. The van der Waals surface area contributed by atoms with E-state index in [2.05, 4.69) is 21.2 Å². The SMILES string of the molecule is Cl.O=S(=O)(c1ccc(F)cc1Br)N1CCCNCC1. The number of benzene rings is 1. The van der Waals surface area contributed by atoms with E-state index in [1.54, 1.807) is 0 Å². The number of halogens is 3. The first-order chi connectivity index (χ1) is 8.51. The largest absolute Gasteiger partial charge is 0.315 e. The van der Waals surface area contributed by atoms with Crippen LogP contribution in [0.2, 0.25) is 0 Å². The summed E-state index contributed by atoms with van der Waals surface area (Å²) in [6.45, 7) is 2.37. The summed E-state index contributed by atoms with van der Waals surface area (Å²) in [6, 6.07) is 3.63. The molecule has 0 radical (unpaired) electrons. The number of nitrogens with one attached hydrogen (secondary N) is 1. The van der Waals surface area contributed by atoms with E-state index in [0.717, 1.165) is 19.0 Å². The van der Waals surface area contributed by atoms with Crippen molar-refractivity contribution < 1.29 is 12.8 Å². The molecule has 1 aliphatic rings. The Morgan fingerprint density at radius 3 is 2.68 bits per heavy atom. The molecule has 0 saturated carbocycles. The molecule has 0 bridgehead atoms. The van der Waals surface area contributed by atoms with Gasteiger partial charge in [-0.15, -0.1) is 12.4 Å². The highest BCUT2D eigenvalue weighted by atomic mass is 79.9. The molecule has 2 rings (SSSR count). The molecule has 1 aromatic rings. The molecule has 1 N–H and O–H groups in total. The monoisotopic (exact) mass is 372 g/mol. The number of hydrogen-bond acceptors (Lipinski definition) is 3. The Morgan fingerprint density at radius 1 is 1.26 bits per heavy atom. The summed E-state index contributed by atoms with van der Waals surface area (Å²) in [6.07, 6.45) is 0.776. The van der Waals surface area contributed by atoms with Crippen molar-refractivity contribution in [3.05, 3.63) is 28.5 Å². The first-order valence-electron chi connectivity index (χ1n) is 5.68. The standard InChI is InChI=1S/C11H14BrFN2O2S.ClH/c12-10-8-9(13)2-3-11(10)18(16,17)15-6-1-4-14-5-7-15;/h2-3,8,14H,1,4-7H2;1H. The van der Waals surface area contributed by atoms with Gasteiger partial charge in [-0.05, 0) is 47.1 Å². The summed E-state index contributed by atoms with van der Waals surface area (Å²) in [4.78, 5) is 0.116. The third kappa shape index (κ3) is 3.88. The number of nitrogens with zero attached hydrogens (tertiary/aromatic N) is 1. The quantitative estimate of drug-likeness (QED) is 0.862. The van der Waals surface area contributed by atoms with Crippen LogP contribution >= 0.6 is 28.3 Å². The van der Waals surface area contributed by atoms with E-state index in [0.29, 0.717) is 19.6 Å². The second-order valence-corrected chi connectivity index (χ2v) is 6.84. The fraction of sp³-hybridized carbons (Fsp3) is 0.455. The van der Waals surface area contributed by atoms with Crippen LogP contribution in [0.3, 0.4) is 0 Å². The molecular weight excluding hydrogens is 359 g/mol. The predicted octanol–water partition coefficient (Wildman–Crippen LogP) is 1.99. The maximum atomic E-state index is 13.0. The normalized spacial score (nSPS) is 17.6. The van der Waals surface area contributed by atoms with Crippen LogP contribution < -0.4 is 5.32 Å². The van der Waals surface area contributed by atoms with Crippen LogP contribution in [0.5, 0.6) is 0 Å². The Labute approximate surface area is 127 Å². The average molecular weight is 374 g/mol. The van der Waals surface area contributed by atoms with E-state index in [9.17, 15) is 12.8 Å². The lowest BCUT2D eigenvalue weighted by molar-refractivity contribution is 0.431. The van der Waals surface area contributed by atoms with Crippen LogP contribution in [0.1, 0.15) is 6.42 Å². The molecule has 4 nitrogen and oxygen atoms in total. The van der Waals surface area contributed by atoms with Crippen LogP contribution in [0.4, 0.5) is 4.39 Å². The Morgan fingerprint density at radius 2 is 2.00 bits per heavy atom. The molecule has 0 amide bonds. The fourth-order valence-corrected chi connectivity index (χ4v) is 4.37. The van der Waals surface area contributed by atoms with Crippen molar-refractivity contribution in [3.63, 3.8) is 0 Å². The third-order valence-electron chi connectivity index (χ3n) is 2.81. The molecule has 1 aliphatic heterocycles. The third-order valence-corrected chi connectivity index (χ3v) is 5.69. The van der Waals surface area contributed by atoms with Crippen molar-refractivity contribution in [2.75, 3.05) is 26.2 Å².